The normalized spacial score (nSPS) is 17.6. The van der Waals surface area contributed by atoms with E-state index in [1.807, 2.05) is 0 Å². The number of benzene rings is 1. The van der Waals surface area contributed by atoms with Crippen LogP contribution in [0.25, 0.3) is 0 Å². The van der Waals surface area contributed by atoms with E-state index in [1.165, 1.54) is 15.6 Å². The standard InChI is InChI=1S/C11H15BrN2.2ClH/c1-14(2)7-11-8-4-3-5-10(12)9(8)6-13-11;;/h3-5,11,13H,6-7H2,1-2H3;2*1H/t11-;;/m0../s1. The van der Waals surface area contributed by atoms with E-state index in [0.717, 1.165) is 13.1 Å². The molecule has 0 bridgehead atoms. The summed E-state index contributed by atoms with van der Waals surface area (Å²) < 4.78 is 1.23. The lowest BCUT2D eigenvalue weighted by Crippen LogP contribution is -2.26. The van der Waals surface area contributed by atoms with Gasteiger partial charge in [-0.1, -0.05) is 28.1 Å². The minimum absolute atomic E-state index is 0. The molecule has 0 aliphatic carbocycles. The molecule has 1 heterocycles. The number of fused-ring (bicyclic) bond motifs is 1. The quantitative estimate of drug-likeness (QED) is 0.898. The van der Waals surface area contributed by atoms with Crippen LogP contribution in [0.4, 0.5) is 0 Å². The summed E-state index contributed by atoms with van der Waals surface area (Å²) in [6.07, 6.45) is 0. The van der Waals surface area contributed by atoms with Gasteiger partial charge >= 0.3 is 0 Å². The second-order valence-electron chi connectivity index (χ2n) is 4.00. The molecule has 0 fully saturated rings. The van der Waals surface area contributed by atoms with Gasteiger partial charge in [0.1, 0.15) is 0 Å². The van der Waals surface area contributed by atoms with E-state index in [-0.39, 0.29) is 24.8 Å². The molecule has 1 aliphatic heterocycles. The van der Waals surface area contributed by atoms with Crippen LogP contribution in [0, 0.1) is 0 Å². The zero-order chi connectivity index (χ0) is 10.1. The van der Waals surface area contributed by atoms with Gasteiger partial charge in [0.2, 0.25) is 0 Å². The molecule has 1 N–H and O–H groups in total. The van der Waals surface area contributed by atoms with Gasteiger partial charge in [-0.05, 0) is 31.3 Å². The highest BCUT2D eigenvalue weighted by molar-refractivity contribution is 9.10. The van der Waals surface area contributed by atoms with Crippen LogP contribution in [0.1, 0.15) is 17.2 Å². The Morgan fingerprint density at radius 1 is 1.38 bits per heavy atom. The molecule has 0 saturated carbocycles. The van der Waals surface area contributed by atoms with Crippen molar-refractivity contribution in [3.8, 4) is 0 Å². The van der Waals surface area contributed by atoms with Gasteiger partial charge in [0, 0.05) is 23.6 Å². The van der Waals surface area contributed by atoms with E-state index in [4.69, 9.17) is 0 Å². The minimum atomic E-state index is 0. The highest BCUT2D eigenvalue weighted by Crippen LogP contribution is 2.30. The molecule has 92 valence electrons. The fraction of sp³-hybridized carbons (Fsp3) is 0.455. The first-order chi connectivity index (χ1) is 6.68. The lowest BCUT2D eigenvalue weighted by atomic mass is 10.1. The summed E-state index contributed by atoms with van der Waals surface area (Å²) >= 11 is 3.59. The molecule has 5 heteroatoms. The molecule has 1 aliphatic rings. The fourth-order valence-corrected chi connectivity index (χ4v) is 2.47. The predicted octanol–water partition coefficient (Wildman–Crippen LogP) is 3.00. The van der Waals surface area contributed by atoms with Gasteiger partial charge in [0.05, 0.1) is 0 Å². The Morgan fingerprint density at radius 3 is 2.69 bits per heavy atom. The topological polar surface area (TPSA) is 15.3 Å². The lowest BCUT2D eigenvalue weighted by molar-refractivity contribution is 0.353. The van der Waals surface area contributed by atoms with Crippen LogP contribution in [0.3, 0.4) is 0 Å². The molecule has 0 spiro atoms. The summed E-state index contributed by atoms with van der Waals surface area (Å²) in [5, 5.41) is 3.52. The van der Waals surface area contributed by atoms with Crippen LogP contribution in [0.2, 0.25) is 0 Å². The van der Waals surface area contributed by atoms with Crippen molar-refractivity contribution in [1.29, 1.82) is 0 Å². The Morgan fingerprint density at radius 2 is 2.06 bits per heavy atom. The zero-order valence-electron chi connectivity index (χ0n) is 9.37. The van der Waals surface area contributed by atoms with Crippen LogP contribution < -0.4 is 5.32 Å². The Hall–Kier alpha value is 0.200. The van der Waals surface area contributed by atoms with Crippen LogP contribution >= 0.6 is 40.7 Å². The number of likely N-dealkylation sites (N-methyl/N-ethyl adjacent to an activating group) is 1. The summed E-state index contributed by atoms with van der Waals surface area (Å²) in [6, 6.07) is 6.92. The lowest BCUT2D eigenvalue weighted by Gasteiger charge is -2.17. The summed E-state index contributed by atoms with van der Waals surface area (Å²) in [5.41, 5.74) is 2.85. The number of hydrogen-bond donors (Lipinski definition) is 1. The van der Waals surface area contributed by atoms with Gasteiger partial charge in [-0.3, -0.25) is 0 Å². The maximum absolute atomic E-state index is 3.59. The van der Waals surface area contributed by atoms with Crippen molar-refractivity contribution < 1.29 is 0 Å². The average molecular weight is 328 g/mol. The van der Waals surface area contributed by atoms with Crippen molar-refractivity contribution >= 4 is 40.7 Å². The van der Waals surface area contributed by atoms with Crippen LogP contribution in [-0.4, -0.2) is 25.5 Å². The Balaban J connectivity index is 0.00000112. The number of halogens is 3. The number of rotatable bonds is 2. The van der Waals surface area contributed by atoms with E-state index >= 15 is 0 Å². The fourth-order valence-electron chi connectivity index (χ4n) is 1.95. The third kappa shape index (κ3) is 3.34. The van der Waals surface area contributed by atoms with Crippen molar-refractivity contribution in [1.82, 2.24) is 10.2 Å². The molecule has 0 saturated heterocycles. The van der Waals surface area contributed by atoms with E-state index in [9.17, 15) is 0 Å². The first-order valence-corrected chi connectivity index (χ1v) is 5.63. The first kappa shape index (κ1) is 16.2. The molecule has 16 heavy (non-hydrogen) atoms. The molecule has 1 aromatic carbocycles. The van der Waals surface area contributed by atoms with Crippen molar-refractivity contribution in [3.63, 3.8) is 0 Å². The predicted molar refractivity (Wildman–Crippen MR) is 76.8 cm³/mol. The largest absolute Gasteiger partial charge is 0.308 e. The number of nitrogens with zero attached hydrogens (tertiary/aromatic N) is 1. The summed E-state index contributed by atoms with van der Waals surface area (Å²) in [5.74, 6) is 0. The molecule has 0 aromatic heterocycles. The van der Waals surface area contributed by atoms with E-state index in [0.29, 0.717) is 6.04 Å². The second kappa shape index (κ2) is 6.82. The van der Waals surface area contributed by atoms with E-state index in [2.05, 4.69) is 58.4 Å². The Kier molecular flexibility index (Phi) is 6.90. The monoisotopic (exact) mass is 326 g/mol. The maximum Gasteiger partial charge on any atom is 0.0455 e. The van der Waals surface area contributed by atoms with Crippen LogP contribution in [0.15, 0.2) is 22.7 Å². The molecule has 2 nitrogen and oxygen atoms in total. The highest BCUT2D eigenvalue weighted by atomic mass is 79.9. The molecule has 1 atom stereocenters. The molecule has 0 unspecified atom stereocenters. The Labute approximate surface area is 118 Å². The molecular formula is C11H17BrCl2N2. The smallest absolute Gasteiger partial charge is 0.0455 e. The zero-order valence-corrected chi connectivity index (χ0v) is 12.6. The van der Waals surface area contributed by atoms with Crippen LogP contribution in [0.5, 0.6) is 0 Å². The van der Waals surface area contributed by atoms with Crippen molar-refractivity contribution in [3.05, 3.63) is 33.8 Å². The third-order valence-electron chi connectivity index (χ3n) is 2.60. The van der Waals surface area contributed by atoms with Gasteiger partial charge in [-0.15, -0.1) is 24.8 Å². The van der Waals surface area contributed by atoms with Gasteiger partial charge in [-0.25, -0.2) is 0 Å². The first-order valence-electron chi connectivity index (χ1n) is 4.84. The second-order valence-corrected chi connectivity index (χ2v) is 4.86. The Bertz CT molecular complexity index is 345. The third-order valence-corrected chi connectivity index (χ3v) is 3.35. The highest BCUT2D eigenvalue weighted by Gasteiger charge is 2.23. The SMILES string of the molecule is CN(C)C[C@@H]1NCc2c(Br)cccc21.Cl.Cl. The molecule has 0 amide bonds. The van der Waals surface area contributed by atoms with Gasteiger partial charge < -0.3 is 10.2 Å². The molecular weight excluding hydrogens is 311 g/mol. The van der Waals surface area contributed by atoms with Crippen molar-refractivity contribution in [2.45, 2.75) is 12.6 Å². The van der Waals surface area contributed by atoms with Gasteiger partial charge in [-0.2, -0.15) is 0 Å². The van der Waals surface area contributed by atoms with Crippen LogP contribution in [-0.2, 0) is 6.54 Å². The van der Waals surface area contributed by atoms with Gasteiger partial charge in [0.15, 0.2) is 0 Å². The van der Waals surface area contributed by atoms with Crippen molar-refractivity contribution in [2.75, 3.05) is 20.6 Å². The maximum atomic E-state index is 3.59. The van der Waals surface area contributed by atoms with Gasteiger partial charge in [0.25, 0.3) is 0 Å². The molecule has 1 aromatic rings. The molecule has 2 rings (SSSR count). The van der Waals surface area contributed by atoms with Crippen molar-refractivity contribution in [2.24, 2.45) is 0 Å². The summed E-state index contributed by atoms with van der Waals surface area (Å²) in [6.45, 7) is 2.04. The number of hydrogen-bond acceptors (Lipinski definition) is 2. The summed E-state index contributed by atoms with van der Waals surface area (Å²) in [4.78, 5) is 2.22. The van der Waals surface area contributed by atoms with E-state index < -0.39 is 0 Å². The summed E-state index contributed by atoms with van der Waals surface area (Å²) in [7, 11) is 4.22. The average Bonchev–Trinajstić information content (AvgIpc) is 2.49. The molecule has 0 radical (unpaired) electrons. The minimum Gasteiger partial charge on any atom is -0.308 e. The number of nitrogens with one attached hydrogen (secondary N) is 1. The van der Waals surface area contributed by atoms with E-state index in [1.54, 1.807) is 0 Å².